The summed E-state index contributed by atoms with van der Waals surface area (Å²) >= 11 is 0. The number of unbranched alkanes of at least 4 members (excludes halogenated alkanes) is 2. The van der Waals surface area contributed by atoms with E-state index in [9.17, 15) is 14.7 Å². The molecule has 0 fully saturated rings. The number of carbonyl (C=O) groups excluding carboxylic acids is 1. The van der Waals surface area contributed by atoms with Gasteiger partial charge in [0.25, 0.3) is 0 Å². The highest BCUT2D eigenvalue weighted by Crippen LogP contribution is 2.33. The van der Waals surface area contributed by atoms with Crippen LogP contribution in [0.1, 0.15) is 75.2 Å². The fourth-order valence-corrected chi connectivity index (χ4v) is 4.02. The summed E-state index contributed by atoms with van der Waals surface area (Å²) in [5, 5.41) is 9.94. The number of carbonyl (C=O) groups is 2. The summed E-state index contributed by atoms with van der Waals surface area (Å²) in [5.74, 6) is 0.420. The minimum Gasteiger partial charge on any atom is -0.493 e. The van der Waals surface area contributed by atoms with Gasteiger partial charge in [-0.05, 0) is 60.6 Å². The Kier molecular flexibility index (Phi) is 9.70. The van der Waals surface area contributed by atoms with Crippen LogP contribution >= 0.6 is 0 Å². The van der Waals surface area contributed by atoms with Crippen LogP contribution in [0, 0.1) is 5.92 Å². The normalized spacial score (nSPS) is 15.8. The SMILES string of the molecule is CCCCC=CC(=O)N1CCc2ccc(OCCc3coc(/C=C/CC(C)C)n3)cc2C1C(=O)O. The molecule has 1 N–H and O–H groups in total. The fourth-order valence-electron chi connectivity index (χ4n) is 4.02. The molecule has 0 aliphatic carbocycles. The summed E-state index contributed by atoms with van der Waals surface area (Å²) in [6.07, 6.45) is 13.9. The van der Waals surface area contributed by atoms with E-state index >= 15 is 0 Å². The number of hydrogen-bond acceptors (Lipinski definition) is 5. The number of benzene rings is 1. The number of amides is 1. The van der Waals surface area contributed by atoms with E-state index in [1.807, 2.05) is 24.3 Å². The van der Waals surface area contributed by atoms with Crippen molar-refractivity contribution in [2.24, 2.45) is 5.92 Å². The number of aliphatic carboxylic acids is 1. The summed E-state index contributed by atoms with van der Waals surface area (Å²) in [6, 6.07) is 4.47. The van der Waals surface area contributed by atoms with Crippen molar-refractivity contribution in [1.29, 1.82) is 0 Å². The topological polar surface area (TPSA) is 92.9 Å². The molecule has 0 saturated heterocycles. The largest absolute Gasteiger partial charge is 0.493 e. The van der Waals surface area contributed by atoms with Crippen molar-refractivity contribution in [2.45, 2.75) is 65.3 Å². The molecule has 1 aromatic carbocycles. The van der Waals surface area contributed by atoms with Crippen molar-refractivity contribution in [1.82, 2.24) is 9.88 Å². The number of aromatic nitrogens is 1. The van der Waals surface area contributed by atoms with E-state index in [1.54, 1.807) is 12.3 Å². The van der Waals surface area contributed by atoms with Gasteiger partial charge in [-0.2, -0.15) is 0 Å². The van der Waals surface area contributed by atoms with E-state index in [4.69, 9.17) is 9.15 Å². The third kappa shape index (κ3) is 7.57. The van der Waals surface area contributed by atoms with Crippen LogP contribution in [0.5, 0.6) is 5.75 Å². The number of oxazole rings is 1. The third-order valence-electron chi connectivity index (χ3n) is 5.91. The molecule has 0 bridgehead atoms. The monoisotopic (exact) mass is 480 g/mol. The fraction of sp³-hybridized carbons (Fsp3) is 0.464. The number of carboxylic acid groups (broad SMARTS) is 1. The highest BCUT2D eigenvalue weighted by Gasteiger charge is 2.35. The second-order valence-corrected chi connectivity index (χ2v) is 9.24. The van der Waals surface area contributed by atoms with Gasteiger partial charge in [0, 0.05) is 13.0 Å². The van der Waals surface area contributed by atoms with Gasteiger partial charge >= 0.3 is 5.97 Å². The highest BCUT2D eigenvalue weighted by molar-refractivity contribution is 5.92. The average Bonchev–Trinajstić information content (AvgIpc) is 3.28. The first-order valence-corrected chi connectivity index (χ1v) is 12.5. The number of allylic oxidation sites excluding steroid dienone is 2. The number of rotatable bonds is 12. The molecule has 1 amide bonds. The van der Waals surface area contributed by atoms with E-state index in [0.717, 1.165) is 36.9 Å². The standard InChI is InChI=1S/C28H36N2O5/c1-4-5-6-7-11-26(31)30-16-14-21-12-13-23(18-24(21)27(30)28(32)33)34-17-15-22-19-35-25(29-22)10-8-9-20(2)3/h7-8,10-13,18-20,27H,4-6,9,14-17H2,1-3H3,(H,32,33)/b10-8+,11-7?. The molecule has 1 aliphatic heterocycles. The molecular formula is C28H36N2O5. The van der Waals surface area contributed by atoms with Gasteiger partial charge in [-0.15, -0.1) is 0 Å². The van der Waals surface area contributed by atoms with Gasteiger partial charge in [0.2, 0.25) is 11.8 Å². The molecule has 3 rings (SSSR count). The minimum atomic E-state index is -1.04. The lowest BCUT2D eigenvalue weighted by Crippen LogP contribution is -2.42. The summed E-state index contributed by atoms with van der Waals surface area (Å²) in [4.78, 5) is 30.8. The van der Waals surface area contributed by atoms with Crippen molar-refractivity contribution >= 4 is 18.0 Å². The molecule has 188 valence electrons. The van der Waals surface area contributed by atoms with Crippen molar-refractivity contribution in [2.75, 3.05) is 13.2 Å². The van der Waals surface area contributed by atoms with Crippen LogP contribution < -0.4 is 4.74 Å². The summed E-state index contributed by atoms with van der Waals surface area (Å²) < 4.78 is 11.4. The first kappa shape index (κ1) is 26.3. The van der Waals surface area contributed by atoms with E-state index in [1.165, 1.54) is 11.0 Å². The Bertz CT molecular complexity index is 1050. The lowest BCUT2D eigenvalue weighted by atomic mass is 9.92. The predicted molar refractivity (Wildman–Crippen MR) is 135 cm³/mol. The van der Waals surface area contributed by atoms with Crippen molar-refractivity contribution in [3.05, 3.63) is 65.4 Å². The molecule has 0 radical (unpaired) electrons. The first-order chi connectivity index (χ1) is 16.9. The molecule has 35 heavy (non-hydrogen) atoms. The average molecular weight is 481 g/mol. The molecule has 2 aromatic rings. The van der Waals surface area contributed by atoms with E-state index < -0.39 is 12.0 Å². The van der Waals surface area contributed by atoms with Crippen LogP contribution in [-0.2, 0) is 22.4 Å². The van der Waals surface area contributed by atoms with Gasteiger partial charge in [0.15, 0.2) is 6.04 Å². The Hall–Kier alpha value is -3.35. The molecule has 1 unspecified atom stereocenters. The van der Waals surface area contributed by atoms with Gasteiger partial charge in [-0.25, -0.2) is 9.78 Å². The van der Waals surface area contributed by atoms with Crippen LogP contribution in [-0.4, -0.2) is 40.0 Å². The minimum absolute atomic E-state index is 0.269. The quantitative estimate of drug-likeness (QED) is 0.313. The maximum Gasteiger partial charge on any atom is 0.331 e. The van der Waals surface area contributed by atoms with Crippen LogP contribution in [0.3, 0.4) is 0 Å². The molecule has 1 atom stereocenters. The Labute approximate surface area is 207 Å². The van der Waals surface area contributed by atoms with Crippen LogP contribution in [0.4, 0.5) is 0 Å². The Balaban J connectivity index is 1.63. The molecule has 0 saturated carbocycles. The number of fused-ring (bicyclic) bond motifs is 1. The molecule has 0 spiro atoms. The summed E-state index contributed by atoms with van der Waals surface area (Å²) in [7, 11) is 0. The summed E-state index contributed by atoms with van der Waals surface area (Å²) in [6.45, 7) is 7.15. The van der Waals surface area contributed by atoms with Crippen LogP contribution in [0.25, 0.3) is 6.08 Å². The zero-order valence-electron chi connectivity index (χ0n) is 20.9. The van der Waals surface area contributed by atoms with E-state index in [-0.39, 0.29) is 5.91 Å². The van der Waals surface area contributed by atoms with Gasteiger partial charge in [-0.1, -0.05) is 51.8 Å². The molecule has 1 aromatic heterocycles. The zero-order valence-corrected chi connectivity index (χ0v) is 20.9. The van der Waals surface area contributed by atoms with Crippen LogP contribution in [0.15, 0.2) is 47.1 Å². The van der Waals surface area contributed by atoms with E-state index in [2.05, 4.69) is 31.8 Å². The highest BCUT2D eigenvalue weighted by atomic mass is 16.5. The number of carboxylic acids is 1. The second-order valence-electron chi connectivity index (χ2n) is 9.24. The smallest absolute Gasteiger partial charge is 0.331 e. The maximum absolute atomic E-state index is 12.7. The number of hydrogen-bond donors (Lipinski definition) is 1. The van der Waals surface area contributed by atoms with Crippen molar-refractivity contribution < 1.29 is 23.8 Å². The first-order valence-electron chi connectivity index (χ1n) is 12.5. The van der Waals surface area contributed by atoms with Gasteiger partial charge < -0.3 is 19.2 Å². The van der Waals surface area contributed by atoms with Gasteiger partial charge in [0.1, 0.15) is 12.0 Å². The van der Waals surface area contributed by atoms with Gasteiger partial charge in [-0.3, -0.25) is 4.79 Å². The molecule has 1 aliphatic rings. The third-order valence-corrected chi connectivity index (χ3v) is 5.91. The predicted octanol–water partition coefficient (Wildman–Crippen LogP) is 5.61. The lowest BCUT2D eigenvalue weighted by molar-refractivity contribution is -0.149. The maximum atomic E-state index is 12.7. The second kappa shape index (κ2) is 12.9. The van der Waals surface area contributed by atoms with E-state index in [0.29, 0.717) is 49.1 Å². The van der Waals surface area contributed by atoms with Crippen molar-refractivity contribution in [3.63, 3.8) is 0 Å². The van der Waals surface area contributed by atoms with Crippen molar-refractivity contribution in [3.8, 4) is 5.75 Å². The summed E-state index contributed by atoms with van der Waals surface area (Å²) in [5.41, 5.74) is 2.33. The Morgan fingerprint density at radius 2 is 2.14 bits per heavy atom. The number of ether oxygens (including phenoxy) is 1. The zero-order chi connectivity index (χ0) is 25.2. The Morgan fingerprint density at radius 1 is 1.31 bits per heavy atom. The lowest BCUT2D eigenvalue weighted by Gasteiger charge is -2.34. The van der Waals surface area contributed by atoms with Crippen LogP contribution in [0.2, 0.25) is 0 Å². The molecule has 2 heterocycles. The molecule has 7 nitrogen and oxygen atoms in total. The molecule has 7 heteroatoms. The Morgan fingerprint density at radius 3 is 2.89 bits per heavy atom. The molecular weight excluding hydrogens is 444 g/mol. The van der Waals surface area contributed by atoms with Gasteiger partial charge in [0.05, 0.1) is 12.3 Å². The number of nitrogens with zero attached hydrogens (tertiary/aromatic N) is 2.